The highest BCUT2D eigenvalue weighted by atomic mass is 32.2. The summed E-state index contributed by atoms with van der Waals surface area (Å²) in [4.78, 5) is 2.44. The summed E-state index contributed by atoms with van der Waals surface area (Å²) in [6.45, 7) is 3.15. The van der Waals surface area contributed by atoms with Crippen LogP contribution >= 0.6 is 0 Å². The van der Waals surface area contributed by atoms with Crippen molar-refractivity contribution in [2.24, 2.45) is 0 Å². The lowest BCUT2D eigenvalue weighted by Gasteiger charge is -2.20. The average Bonchev–Trinajstić information content (AvgIpc) is 3.13. The van der Waals surface area contributed by atoms with Crippen molar-refractivity contribution in [2.45, 2.75) is 24.3 Å². The Kier molecular flexibility index (Phi) is 5.37. The van der Waals surface area contributed by atoms with Crippen LogP contribution in [0.3, 0.4) is 0 Å². The van der Waals surface area contributed by atoms with Gasteiger partial charge in [0.1, 0.15) is 5.75 Å². The number of benzene rings is 2. The fourth-order valence-corrected chi connectivity index (χ4v) is 4.89. The molecule has 0 amide bonds. The fraction of sp³-hybridized carbons (Fsp3) is 0.400. The number of rotatable bonds is 5. The molecule has 0 spiro atoms. The lowest BCUT2D eigenvalue weighted by atomic mass is 10.0. The molecule has 0 aromatic heterocycles. The summed E-state index contributed by atoms with van der Waals surface area (Å²) in [5.41, 5.74) is 3.16. The minimum Gasteiger partial charge on any atom is -0.497 e. The molecule has 1 heterocycles. The van der Waals surface area contributed by atoms with E-state index in [0.29, 0.717) is 18.0 Å². The van der Waals surface area contributed by atoms with E-state index in [0.717, 1.165) is 28.9 Å². The second-order valence-electron chi connectivity index (χ2n) is 6.97. The SMILES string of the molecule is COc1ccc(-c2ccc(S(=O)(=O)N3CCC(N(C)C)C3)cc2)c(C)c1. The standard InChI is InChI=1S/C20H26N2O3S/c1-15-13-18(25-4)7-10-20(15)16-5-8-19(9-6-16)26(23,24)22-12-11-17(14-22)21(2)3/h5-10,13,17H,11-12,14H2,1-4H3. The molecule has 6 heteroatoms. The zero-order valence-electron chi connectivity index (χ0n) is 15.8. The van der Waals surface area contributed by atoms with Crippen molar-refractivity contribution in [3.8, 4) is 16.9 Å². The van der Waals surface area contributed by atoms with Gasteiger partial charge in [-0.1, -0.05) is 18.2 Å². The smallest absolute Gasteiger partial charge is 0.243 e. The third-order valence-electron chi connectivity index (χ3n) is 5.09. The van der Waals surface area contributed by atoms with Crippen LogP contribution in [0.15, 0.2) is 47.4 Å². The first-order valence-corrected chi connectivity index (χ1v) is 10.2. The maximum absolute atomic E-state index is 12.9. The topological polar surface area (TPSA) is 49.9 Å². The zero-order chi connectivity index (χ0) is 18.9. The van der Waals surface area contributed by atoms with Crippen LogP contribution in [0.2, 0.25) is 0 Å². The van der Waals surface area contributed by atoms with E-state index in [4.69, 9.17) is 4.74 Å². The van der Waals surface area contributed by atoms with Crippen molar-refractivity contribution in [2.75, 3.05) is 34.3 Å². The van der Waals surface area contributed by atoms with E-state index in [-0.39, 0.29) is 6.04 Å². The number of hydrogen-bond acceptors (Lipinski definition) is 4. The Morgan fingerprint density at radius 1 is 1.12 bits per heavy atom. The molecular weight excluding hydrogens is 348 g/mol. The number of hydrogen-bond donors (Lipinski definition) is 0. The third-order valence-corrected chi connectivity index (χ3v) is 6.97. The molecule has 1 saturated heterocycles. The van der Waals surface area contributed by atoms with Gasteiger partial charge in [-0.3, -0.25) is 0 Å². The molecule has 3 rings (SSSR count). The summed E-state index contributed by atoms with van der Waals surface area (Å²) in [6.07, 6.45) is 0.870. The van der Waals surface area contributed by atoms with Crippen LogP contribution in [-0.4, -0.2) is 58.0 Å². The van der Waals surface area contributed by atoms with Crippen molar-refractivity contribution < 1.29 is 13.2 Å². The highest BCUT2D eigenvalue weighted by Crippen LogP contribution is 2.29. The predicted octanol–water partition coefficient (Wildman–Crippen LogP) is 3.00. The van der Waals surface area contributed by atoms with E-state index < -0.39 is 10.0 Å². The van der Waals surface area contributed by atoms with Gasteiger partial charge in [-0.05, 0) is 68.4 Å². The van der Waals surface area contributed by atoms with E-state index >= 15 is 0 Å². The summed E-state index contributed by atoms with van der Waals surface area (Å²) in [6, 6.07) is 13.3. The Hall–Kier alpha value is -1.89. The van der Waals surface area contributed by atoms with Gasteiger partial charge in [0.2, 0.25) is 10.0 Å². The Bertz CT molecular complexity index is 876. The molecule has 1 unspecified atom stereocenters. The number of aryl methyl sites for hydroxylation is 1. The van der Waals surface area contributed by atoms with Crippen molar-refractivity contribution >= 4 is 10.0 Å². The fourth-order valence-electron chi connectivity index (χ4n) is 3.39. The van der Waals surface area contributed by atoms with Crippen LogP contribution < -0.4 is 4.74 Å². The Labute approximate surface area is 156 Å². The maximum Gasteiger partial charge on any atom is 0.243 e. The summed E-state index contributed by atoms with van der Waals surface area (Å²) >= 11 is 0. The third kappa shape index (κ3) is 3.63. The molecule has 1 fully saturated rings. The second kappa shape index (κ2) is 7.39. The Morgan fingerprint density at radius 2 is 1.81 bits per heavy atom. The number of nitrogens with zero attached hydrogens (tertiary/aromatic N) is 2. The monoisotopic (exact) mass is 374 g/mol. The van der Waals surface area contributed by atoms with Gasteiger partial charge in [0.25, 0.3) is 0 Å². The maximum atomic E-state index is 12.9. The van der Waals surface area contributed by atoms with Gasteiger partial charge >= 0.3 is 0 Å². The largest absolute Gasteiger partial charge is 0.497 e. The number of ether oxygens (including phenoxy) is 1. The van der Waals surface area contributed by atoms with Gasteiger partial charge in [-0.2, -0.15) is 4.31 Å². The summed E-state index contributed by atoms with van der Waals surface area (Å²) in [5, 5.41) is 0. The van der Waals surface area contributed by atoms with Gasteiger partial charge in [0, 0.05) is 19.1 Å². The minimum atomic E-state index is -3.44. The molecule has 0 bridgehead atoms. The van der Waals surface area contributed by atoms with Gasteiger partial charge in [-0.15, -0.1) is 0 Å². The minimum absolute atomic E-state index is 0.283. The van der Waals surface area contributed by atoms with Crippen LogP contribution in [0.1, 0.15) is 12.0 Å². The first-order valence-electron chi connectivity index (χ1n) is 8.74. The molecule has 2 aromatic rings. The van der Waals surface area contributed by atoms with Crippen molar-refractivity contribution in [1.82, 2.24) is 9.21 Å². The summed E-state index contributed by atoms with van der Waals surface area (Å²) in [7, 11) is 2.19. The Balaban J connectivity index is 1.83. The van der Waals surface area contributed by atoms with Crippen molar-refractivity contribution in [1.29, 1.82) is 0 Å². The molecule has 0 N–H and O–H groups in total. The van der Waals surface area contributed by atoms with Crippen LogP contribution in [0, 0.1) is 6.92 Å². The number of sulfonamides is 1. The molecule has 0 radical (unpaired) electrons. The van der Waals surface area contributed by atoms with Crippen LogP contribution in [0.5, 0.6) is 5.75 Å². The van der Waals surface area contributed by atoms with Gasteiger partial charge < -0.3 is 9.64 Å². The highest BCUT2D eigenvalue weighted by molar-refractivity contribution is 7.89. The van der Waals surface area contributed by atoms with Gasteiger partial charge in [0.15, 0.2) is 0 Å². The number of methoxy groups -OCH3 is 1. The predicted molar refractivity (Wildman–Crippen MR) is 104 cm³/mol. The lowest BCUT2D eigenvalue weighted by Crippen LogP contribution is -2.34. The number of likely N-dealkylation sites (N-methyl/N-ethyl adjacent to an activating group) is 1. The van der Waals surface area contributed by atoms with E-state index in [9.17, 15) is 8.42 Å². The molecule has 1 aliphatic rings. The van der Waals surface area contributed by atoms with Crippen LogP contribution in [-0.2, 0) is 10.0 Å². The van der Waals surface area contributed by atoms with Crippen LogP contribution in [0.25, 0.3) is 11.1 Å². The normalized spacial score (nSPS) is 18.4. The van der Waals surface area contributed by atoms with E-state index in [1.807, 2.05) is 51.4 Å². The van der Waals surface area contributed by atoms with E-state index in [2.05, 4.69) is 4.90 Å². The Morgan fingerprint density at radius 3 is 2.35 bits per heavy atom. The van der Waals surface area contributed by atoms with Gasteiger partial charge in [-0.25, -0.2) is 8.42 Å². The highest BCUT2D eigenvalue weighted by Gasteiger charge is 2.33. The molecule has 1 aliphatic heterocycles. The van der Waals surface area contributed by atoms with Crippen LogP contribution in [0.4, 0.5) is 0 Å². The summed E-state index contributed by atoms with van der Waals surface area (Å²) < 4.78 is 32.6. The lowest BCUT2D eigenvalue weighted by molar-refractivity contribution is 0.302. The molecule has 0 aliphatic carbocycles. The average molecular weight is 375 g/mol. The molecule has 0 saturated carbocycles. The molecule has 2 aromatic carbocycles. The van der Waals surface area contributed by atoms with Crippen molar-refractivity contribution in [3.05, 3.63) is 48.0 Å². The molecule has 140 valence electrons. The van der Waals surface area contributed by atoms with E-state index in [1.54, 1.807) is 23.5 Å². The quantitative estimate of drug-likeness (QED) is 0.807. The molecular formula is C20H26N2O3S. The molecule has 5 nitrogen and oxygen atoms in total. The second-order valence-corrected chi connectivity index (χ2v) is 8.91. The molecule has 26 heavy (non-hydrogen) atoms. The summed E-state index contributed by atoms with van der Waals surface area (Å²) in [5.74, 6) is 0.815. The zero-order valence-corrected chi connectivity index (χ0v) is 16.6. The first-order chi connectivity index (χ1) is 12.3. The van der Waals surface area contributed by atoms with E-state index in [1.165, 1.54) is 0 Å². The molecule has 1 atom stereocenters. The first kappa shape index (κ1) is 18.9. The van der Waals surface area contributed by atoms with Gasteiger partial charge in [0.05, 0.1) is 12.0 Å². The van der Waals surface area contributed by atoms with Crippen molar-refractivity contribution in [3.63, 3.8) is 0 Å².